The van der Waals surface area contributed by atoms with Gasteiger partial charge in [-0.15, -0.1) is 0 Å². The van der Waals surface area contributed by atoms with Gasteiger partial charge in [-0.3, -0.25) is 4.79 Å². The summed E-state index contributed by atoms with van der Waals surface area (Å²) in [4.78, 5) is 11.9. The predicted molar refractivity (Wildman–Crippen MR) is 76.1 cm³/mol. The minimum absolute atomic E-state index is 0.0722. The third-order valence-corrected chi connectivity index (χ3v) is 3.67. The van der Waals surface area contributed by atoms with Crippen molar-refractivity contribution in [3.05, 3.63) is 35.1 Å². The zero-order valence-electron chi connectivity index (χ0n) is 10.3. The minimum Gasteiger partial charge on any atom is -0.348 e. The van der Waals surface area contributed by atoms with Crippen LogP contribution in [0, 0.1) is 18.7 Å². The predicted octanol–water partition coefficient (Wildman–Crippen LogP) is 3.32. The number of hydrogen-bond donors (Lipinski definition) is 1. The molecule has 0 radical (unpaired) electrons. The second-order valence-corrected chi connectivity index (χ2v) is 5.30. The molecule has 2 nitrogen and oxygen atoms in total. The van der Waals surface area contributed by atoms with Gasteiger partial charge in [0, 0.05) is 10.5 Å². The lowest BCUT2D eigenvalue weighted by atomic mass is 10.1. The lowest BCUT2D eigenvalue weighted by Crippen LogP contribution is -2.40. The first-order valence-corrected chi connectivity index (χ1v) is 7.11. The number of carbonyl (C=O) groups excluding carboxylic acids is 1. The molecule has 0 aliphatic rings. The maximum atomic E-state index is 13.7. The molecule has 1 unspecified atom stereocenters. The van der Waals surface area contributed by atoms with E-state index in [4.69, 9.17) is 0 Å². The Kier molecular flexibility index (Phi) is 5.36. The van der Waals surface area contributed by atoms with Crippen LogP contribution in [0.5, 0.6) is 0 Å². The third kappa shape index (κ3) is 3.66. The van der Waals surface area contributed by atoms with Gasteiger partial charge in [0.05, 0.1) is 5.56 Å². The van der Waals surface area contributed by atoms with Crippen molar-refractivity contribution in [1.82, 2.24) is 5.32 Å². The minimum atomic E-state index is -0.430. The fraction of sp³-hybridized carbons (Fsp3) is 0.462. The number of alkyl halides is 1. The first-order valence-electron chi connectivity index (χ1n) is 5.59. The third-order valence-electron chi connectivity index (χ3n) is 2.72. The van der Waals surface area contributed by atoms with Gasteiger partial charge in [-0.05, 0) is 24.5 Å². The number of amides is 1. The fourth-order valence-corrected chi connectivity index (χ4v) is 2.69. The topological polar surface area (TPSA) is 29.1 Å². The van der Waals surface area contributed by atoms with Crippen LogP contribution < -0.4 is 5.32 Å². The van der Waals surface area contributed by atoms with Crippen molar-refractivity contribution < 1.29 is 9.18 Å². The van der Waals surface area contributed by atoms with Gasteiger partial charge >= 0.3 is 0 Å². The maximum absolute atomic E-state index is 13.7. The molecule has 0 heterocycles. The molecule has 0 fully saturated rings. The van der Waals surface area contributed by atoms with Crippen molar-refractivity contribution in [3.8, 4) is 0 Å². The Balaban J connectivity index is 2.86. The molecule has 1 aromatic carbocycles. The van der Waals surface area contributed by atoms with Crippen molar-refractivity contribution in [2.75, 3.05) is 4.43 Å². The number of aryl methyl sites for hydroxylation is 1. The second-order valence-electron chi connectivity index (χ2n) is 4.41. The average molecular weight is 349 g/mol. The molecule has 1 atom stereocenters. The standard InChI is InChI=1S/C13H17FINO/c1-8(2)11(7-15)16-13(17)10-6-4-5-9(3)12(10)14/h4-6,8,11H,7H2,1-3H3,(H,16,17). The normalized spacial score (nSPS) is 12.6. The van der Waals surface area contributed by atoms with Crippen LogP contribution in [0.2, 0.25) is 0 Å². The Morgan fingerprint density at radius 2 is 2.12 bits per heavy atom. The van der Waals surface area contributed by atoms with Gasteiger partial charge in [0.15, 0.2) is 0 Å². The largest absolute Gasteiger partial charge is 0.348 e. The monoisotopic (exact) mass is 349 g/mol. The molecule has 0 bridgehead atoms. The fourth-order valence-electron chi connectivity index (χ4n) is 1.45. The number of carbonyl (C=O) groups is 1. The summed E-state index contributed by atoms with van der Waals surface area (Å²) in [5.41, 5.74) is 0.619. The zero-order chi connectivity index (χ0) is 13.0. The molecule has 17 heavy (non-hydrogen) atoms. The van der Waals surface area contributed by atoms with Gasteiger partial charge < -0.3 is 5.32 Å². The number of halogens is 2. The summed E-state index contributed by atoms with van der Waals surface area (Å²) in [5.74, 6) is -0.425. The first-order chi connectivity index (χ1) is 7.97. The van der Waals surface area contributed by atoms with E-state index in [1.54, 1.807) is 19.1 Å². The highest BCUT2D eigenvalue weighted by Gasteiger charge is 2.18. The molecule has 1 aromatic rings. The molecule has 0 saturated carbocycles. The lowest BCUT2D eigenvalue weighted by Gasteiger charge is -2.20. The van der Waals surface area contributed by atoms with Crippen LogP contribution >= 0.6 is 22.6 Å². The van der Waals surface area contributed by atoms with Crippen LogP contribution in [0.15, 0.2) is 18.2 Å². The molecule has 4 heteroatoms. The molecular formula is C13H17FINO. The molecule has 1 amide bonds. The molecule has 0 aliphatic heterocycles. The molecule has 94 valence electrons. The Morgan fingerprint density at radius 1 is 1.47 bits per heavy atom. The van der Waals surface area contributed by atoms with Crippen molar-refractivity contribution in [2.24, 2.45) is 5.92 Å². The highest BCUT2D eigenvalue weighted by molar-refractivity contribution is 14.1. The molecular weight excluding hydrogens is 332 g/mol. The van der Waals surface area contributed by atoms with E-state index in [-0.39, 0.29) is 17.5 Å². The highest BCUT2D eigenvalue weighted by Crippen LogP contribution is 2.13. The average Bonchev–Trinajstić information content (AvgIpc) is 2.28. The molecule has 0 saturated heterocycles. The summed E-state index contributed by atoms with van der Waals surface area (Å²) in [5, 5.41) is 2.86. The summed E-state index contributed by atoms with van der Waals surface area (Å²) >= 11 is 2.22. The summed E-state index contributed by atoms with van der Waals surface area (Å²) in [6.45, 7) is 5.73. The van der Waals surface area contributed by atoms with Gasteiger partial charge in [-0.2, -0.15) is 0 Å². The van der Waals surface area contributed by atoms with Gasteiger partial charge in [0.1, 0.15) is 5.82 Å². The lowest BCUT2D eigenvalue weighted by molar-refractivity contribution is 0.0928. The number of hydrogen-bond acceptors (Lipinski definition) is 1. The van der Waals surface area contributed by atoms with Crippen LogP contribution in [0.3, 0.4) is 0 Å². The van der Waals surface area contributed by atoms with E-state index < -0.39 is 5.82 Å². The Bertz CT molecular complexity index is 406. The zero-order valence-corrected chi connectivity index (χ0v) is 12.4. The molecule has 0 aromatic heterocycles. The molecule has 0 spiro atoms. The van der Waals surface area contributed by atoms with E-state index in [0.29, 0.717) is 11.5 Å². The van der Waals surface area contributed by atoms with E-state index in [0.717, 1.165) is 4.43 Å². The Morgan fingerprint density at radius 3 is 2.65 bits per heavy atom. The Hall–Kier alpha value is -0.650. The van der Waals surface area contributed by atoms with Crippen molar-refractivity contribution in [1.29, 1.82) is 0 Å². The van der Waals surface area contributed by atoms with Gasteiger partial charge in [-0.1, -0.05) is 48.6 Å². The summed E-state index contributed by atoms with van der Waals surface area (Å²) in [7, 11) is 0. The second kappa shape index (κ2) is 6.33. The SMILES string of the molecule is Cc1cccc(C(=O)NC(CI)C(C)C)c1F. The number of rotatable bonds is 4. The van der Waals surface area contributed by atoms with E-state index in [1.165, 1.54) is 6.07 Å². The summed E-state index contributed by atoms with van der Waals surface area (Å²) < 4.78 is 14.6. The molecule has 1 rings (SSSR count). The summed E-state index contributed by atoms with van der Waals surface area (Å²) in [6, 6.07) is 4.94. The van der Waals surface area contributed by atoms with E-state index in [1.807, 2.05) is 13.8 Å². The number of benzene rings is 1. The van der Waals surface area contributed by atoms with Crippen molar-refractivity contribution in [2.45, 2.75) is 26.8 Å². The van der Waals surface area contributed by atoms with Crippen LogP contribution in [-0.4, -0.2) is 16.4 Å². The maximum Gasteiger partial charge on any atom is 0.254 e. The first kappa shape index (κ1) is 14.4. The van der Waals surface area contributed by atoms with Gasteiger partial charge in [0.25, 0.3) is 5.91 Å². The van der Waals surface area contributed by atoms with Gasteiger partial charge in [0.2, 0.25) is 0 Å². The highest BCUT2D eigenvalue weighted by atomic mass is 127. The van der Waals surface area contributed by atoms with E-state index >= 15 is 0 Å². The van der Waals surface area contributed by atoms with Crippen LogP contribution in [0.4, 0.5) is 4.39 Å². The summed E-state index contributed by atoms with van der Waals surface area (Å²) in [6.07, 6.45) is 0. The van der Waals surface area contributed by atoms with Crippen molar-refractivity contribution in [3.63, 3.8) is 0 Å². The quantitative estimate of drug-likeness (QED) is 0.656. The van der Waals surface area contributed by atoms with Crippen molar-refractivity contribution >= 4 is 28.5 Å². The van der Waals surface area contributed by atoms with Crippen LogP contribution in [0.1, 0.15) is 29.8 Å². The van der Waals surface area contributed by atoms with Crippen LogP contribution in [-0.2, 0) is 0 Å². The Labute approximate surface area is 115 Å². The smallest absolute Gasteiger partial charge is 0.254 e. The number of nitrogens with one attached hydrogen (secondary N) is 1. The van der Waals surface area contributed by atoms with E-state index in [2.05, 4.69) is 27.9 Å². The molecule has 1 N–H and O–H groups in total. The van der Waals surface area contributed by atoms with Gasteiger partial charge in [-0.25, -0.2) is 4.39 Å². The van der Waals surface area contributed by atoms with Crippen LogP contribution in [0.25, 0.3) is 0 Å². The molecule has 0 aliphatic carbocycles. The van der Waals surface area contributed by atoms with E-state index in [9.17, 15) is 9.18 Å².